The molecule has 0 fully saturated rings. The predicted octanol–water partition coefficient (Wildman–Crippen LogP) is 2.54. The molecule has 0 radical (unpaired) electrons. The number of aryl methyl sites for hydroxylation is 3. The Bertz CT molecular complexity index is 597. The number of thiazole rings is 1. The SMILES string of the molecule is CCc1nc2sc3c(n2c1C(=O)O)CCCC3. The van der Waals surface area contributed by atoms with E-state index in [9.17, 15) is 9.90 Å². The van der Waals surface area contributed by atoms with Gasteiger partial charge in [0.25, 0.3) is 0 Å². The highest BCUT2D eigenvalue weighted by Gasteiger charge is 2.24. The van der Waals surface area contributed by atoms with E-state index in [0.29, 0.717) is 17.8 Å². The molecule has 0 saturated heterocycles. The number of rotatable bonds is 2. The van der Waals surface area contributed by atoms with Crippen LogP contribution in [0, 0.1) is 0 Å². The second-order valence-electron chi connectivity index (χ2n) is 4.36. The van der Waals surface area contributed by atoms with Gasteiger partial charge >= 0.3 is 5.97 Å². The Kier molecular flexibility index (Phi) is 2.43. The van der Waals surface area contributed by atoms with Crippen LogP contribution in [0.4, 0.5) is 0 Å². The number of carboxylic acid groups (broad SMARTS) is 1. The van der Waals surface area contributed by atoms with Crippen LogP contribution in [0.1, 0.15) is 46.5 Å². The molecule has 17 heavy (non-hydrogen) atoms. The van der Waals surface area contributed by atoms with Gasteiger partial charge in [0, 0.05) is 10.6 Å². The fourth-order valence-corrected chi connectivity index (χ4v) is 3.77. The van der Waals surface area contributed by atoms with E-state index in [4.69, 9.17) is 0 Å². The van der Waals surface area contributed by atoms with Gasteiger partial charge in [0.05, 0.1) is 5.69 Å². The topological polar surface area (TPSA) is 54.6 Å². The first kappa shape index (κ1) is 10.8. The molecule has 4 nitrogen and oxygen atoms in total. The number of aromatic carboxylic acids is 1. The van der Waals surface area contributed by atoms with E-state index in [1.807, 2.05) is 11.3 Å². The molecule has 3 rings (SSSR count). The van der Waals surface area contributed by atoms with Crippen LogP contribution in [-0.2, 0) is 19.3 Å². The molecule has 2 aromatic heterocycles. The molecular formula is C12H14N2O2S. The Labute approximate surface area is 103 Å². The average Bonchev–Trinajstić information content (AvgIpc) is 2.83. The minimum Gasteiger partial charge on any atom is -0.477 e. The van der Waals surface area contributed by atoms with E-state index < -0.39 is 5.97 Å². The van der Waals surface area contributed by atoms with Crippen LogP contribution in [0.3, 0.4) is 0 Å². The summed E-state index contributed by atoms with van der Waals surface area (Å²) in [4.78, 5) is 18.0. The van der Waals surface area contributed by atoms with Crippen molar-refractivity contribution in [3.05, 3.63) is 22.0 Å². The molecule has 5 heteroatoms. The van der Waals surface area contributed by atoms with Gasteiger partial charge in [-0.2, -0.15) is 0 Å². The number of hydrogen-bond acceptors (Lipinski definition) is 3. The molecular weight excluding hydrogens is 236 g/mol. The van der Waals surface area contributed by atoms with Crippen molar-refractivity contribution in [1.82, 2.24) is 9.38 Å². The summed E-state index contributed by atoms with van der Waals surface area (Å²) in [5.74, 6) is -0.861. The molecule has 0 atom stereocenters. The molecule has 2 heterocycles. The zero-order chi connectivity index (χ0) is 12.0. The lowest BCUT2D eigenvalue weighted by molar-refractivity contribution is 0.0688. The number of hydrogen-bond donors (Lipinski definition) is 1. The predicted molar refractivity (Wildman–Crippen MR) is 66.0 cm³/mol. The maximum atomic E-state index is 11.4. The first-order chi connectivity index (χ1) is 8.22. The Morgan fingerprint density at radius 2 is 2.24 bits per heavy atom. The number of carboxylic acids is 1. The van der Waals surface area contributed by atoms with Crippen LogP contribution < -0.4 is 0 Å². The summed E-state index contributed by atoms with van der Waals surface area (Å²) in [6, 6.07) is 0. The third-order valence-corrected chi connectivity index (χ3v) is 4.47. The highest BCUT2D eigenvalue weighted by molar-refractivity contribution is 7.17. The second kappa shape index (κ2) is 3.84. The largest absolute Gasteiger partial charge is 0.477 e. The summed E-state index contributed by atoms with van der Waals surface area (Å²) in [7, 11) is 0. The average molecular weight is 250 g/mol. The first-order valence-corrected chi connectivity index (χ1v) is 6.79. The molecule has 0 aromatic carbocycles. The molecule has 90 valence electrons. The quantitative estimate of drug-likeness (QED) is 0.891. The smallest absolute Gasteiger partial charge is 0.354 e. The summed E-state index contributed by atoms with van der Waals surface area (Å²) in [6.07, 6.45) is 5.08. The van der Waals surface area contributed by atoms with E-state index in [0.717, 1.165) is 24.2 Å². The summed E-state index contributed by atoms with van der Waals surface area (Å²) < 4.78 is 1.88. The van der Waals surface area contributed by atoms with E-state index >= 15 is 0 Å². The fourth-order valence-electron chi connectivity index (χ4n) is 2.55. The Morgan fingerprint density at radius 1 is 1.47 bits per heavy atom. The van der Waals surface area contributed by atoms with Gasteiger partial charge in [-0.15, -0.1) is 11.3 Å². The number of nitrogens with zero attached hydrogens (tertiary/aromatic N) is 2. The standard InChI is InChI=1S/C12H14N2O2S/c1-2-7-10(11(15)16)14-8-5-3-4-6-9(8)17-12(14)13-7/h2-6H2,1H3,(H,15,16). The van der Waals surface area contributed by atoms with Gasteiger partial charge in [-0.1, -0.05) is 6.92 Å². The Morgan fingerprint density at radius 3 is 2.94 bits per heavy atom. The molecule has 2 aromatic rings. The lowest BCUT2D eigenvalue weighted by Crippen LogP contribution is -2.10. The van der Waals surface area contributed by atoms with Gasteiger partial charge in [0.1, 0.15) is 0 Å². The maximum absolute atomic E-state index is 11.4. The van der Waals surface area contributed by atoms with Crippen LogP contribution in [0.25, 0.3) is 4.96 Å². The van der Waals surface area contributed by atoms with Crippen LogP contribution in [-0.4, -0.2) is 20.5 Å². The van der Waals surface area contributed by atoms with Crippen LogP contribution in [0.2, 0.25) is 0 Å². The second-order valence-corrected chi connectivity index (χ2v) is 5.42. The number of imidazole rings is 1. The number of carbonyl (C=O) groups is 1. The molecule has 1 aliphatic rings. The molecule has 0 unspecified atom stereocenters. The fraction of sp³-hybridized carbons (Fsp3) is 0.500. The lowest BCUT2D eigenvalue weighted by Gasteiger charge is -2.11. The highest BCUT2D eigenvalue weighted by atomic mass is 32.1. The van der Waals surface area contributed by atoms with Gasteiger partial charge in [0.2, 0.25) is 0 Å². The van der Waals surface area contributed by atoms with Crippen LogP contribution in [0.15, 0.2) is 0 Å². The lowest BCUT2D eigenvalue weighted by atomic mass is 10.0. The summed E-state index contributed by atoms with van der Waals surface area (Å²) in [6.45, 7) is 1.95. The van der Waals surface area contributed by atoms with Crippen molar-refractivity contribution in [2.24, 2.45) is 0 Å². The Balaban J connectivity index is 2.33. The molecule has 0 aliphatic heterocycles. The van der Waals surface area contributed by atoms with Crippen LogP contribution >= 0.6 is 11.3 Å². The van der Waals surface area contributed by atoms with Gasteiger partial charge in [-0.25, -0.2) is 9.78 Å². The highest BCUT2D eigenvalue weighted by Crippen LogP contribution is 2.32. The number of fused-ring (bicyclic) bond motifs is 3. The van der Waals surface area contributed by atoms with Crippen molar-refractivity contribution in [3.63, 3.8) is 0 Å². The molecule has 0 amide bonds. The molecule has 1 aliphatic carbocycles. The van der Waals surface area contributed by atoms with Crippen molar-refractivity contribution >= 4 is 22.3 Å². The third kappa shape index (κ3) is 1.49. The van der Waals surface area contributed by atoms with Gasteiger partial charge in [-0.05, 0) is 32.1 Å². The van der Waals surface area contributed by atoms with Gasteiger partial charge < -0.3 is 5.11 Å². The zero-order valence-corrected chi connectivity index (χ0v) is 10.5. The van der Waals surface area contributed by atoms with Crippen molar-refractivity contribution < 1.29 is 9.90 Å². The first-order valence-electron chi connectivity index (χ1n) is 5.97. The zero-order valence-electron chi connectivity index (χ0n) is 9.69. The van der Waals surface area contributed by atoms with E-state index in [1.165, 1.54) is 17.0 Å². The molecule has 1 N–H and O–H groups in total. The molecule has 0 bridgehead atoms. The van der Waals surface area contributed by atoms with Crippen molar-refractivity contribution in [1.29, 1.82) is 0 Å². The Hall–Kier alpha value is -1.36. The van der Waals surface area contributed by atoms with Crippen molar-refractivity contribution in [3.8, 4) is 0 Å². The maximum Gasteiger partial charge on any atom is 0.354 e. The van der Waals surface area contributed by atoms with E-state index in [2.05, 4.69) is 4.98 Å². The normalized spacial score (nSPS) is 15.1. The van der Waals surface area contributed by atoms with E-state index in [1.54, 1.807) is 11.3 Å². The van der Waals surface area contributed by atoms with Crippen molar-refractivity contribution in [2.75, 3.05) is 0 Å². The minimum absolute atomic E-state index is 0.377. The van der Waals surface area contributed by atoms with Gasteiger partial charge in [-0.3, -0.25) is 4.40 Å². The third-order valence-electron chi connectivity index (χ3n) is 3.33. The van der Waals surface area contributed by atoms with E-state index in [-0.39, 0.29) is 0 Å². The number of aromatic nitrogens is 2. The summed E-state index contributed by atoms with van der Waals surface area (Å²) in [5, 5.41) is 9.35. The van der Waals surface area contributed by atoms with Crippen molar-refractivity contribution in [2.45, 2.75) is 39.0 Å². The monoisotopic (exact) mass is 250 g/mol. The van der Waals surface area contributed by atoms with Crippen LogP contribution in [0.5, 0.6) is 0 Å². The molecule has 0 spiro atoms. The van der Waals surface area contributed by atoms with Gasteiger partial charge in [0.15, 0.2) is 10.7 Å². The molecule has 0 saturated carbocycles. The minimum atomic E-state index is -0.861. The summed E-state index contributed by atoms with van der Waals surface area (Å²) in [5.41, 5.74) is 2.26. The summed E-state index contributed by atoms with van der Waals surface area (Å²) >= 11 is 1.66.